The van der Waals surface area contributed by atoms with Crippen molar-refractivity contribution in [3.63, 3.8) is 0 Å². The SMILES string of the molecule is c1ccc(-c2cc(-c3ccccc3)nc(-c3ccc(-c4cccc5c4-c4ccc6ccccc6c4C5(c4ccccc4)c4ccccc4)c4ccccc34)n2)cc1. The Balaban J connectivity index is 1.19. The summed E-state index contributed by atoms with van der Waals surface area (Å²) < 4.78 is 0. The lowest BCUT2D eigenvalue weighted by Gasteiger charge is -2.34. The van der Waals surface area contributed by atoms with Gasteiger partial charge in [-0.15, -0.1) is 0 Å². The zero-order valence-electron chi connectivity index (χ0n) is 31.2. The second-order valence-corrected chi connectivity index (χ2v) is 14.8. The molecule has 2 nitrogen and oxygen atoms in total. The van der Waals surface area contributed by atoms with Gasteiger partial charge in [-0.05, 0) is 78.2 Å². The van der Waals surface area contributed by atoms with Crippen molar-refractivity contribution in [1.82, 2.24) is 9.97 Å². The lowest BCUT2D eigenvalue weighted by atomic mass is 9.66. The van der Waals surface area contributed by atoms with Crippen LogP contribution in [0.1, 0.15) is 22.3 Å². The lowest BCUT2D eigenvalue weighted by molar-refractivity contribution is 0.775. The predicted molar refractivity (Wildman–Crippen MR) is 236 cm³/mol. The summed E-state index contributed by atoms with van der Waals surface area (Å²) in [6.45, 7) is 0. The van der Waals surface area contributed by atoms with Gasteiger partial charge in [0, 0.05) is 16.7 Å². The number of aromatic nitrogens is 2. The highest BCUT2D eigenvalue weighted by Crippen LogP contribution is 2.60. The van der Waals surface area contributed by atoms with Crippen molar-refractivity contribution in [1.29, 1.82) is 0 Å². The molecule has 11 rings (SSSR count). The molecule has 266 valence electrons. The normalized spacial score (nSPS) is 12.7. The summed E-state index contributed by atoms with van der Waals surface area (Å²) in [5, 5.41) is 4.79. The number of hydrogen-bond donors (Lipinski definition) is 0. The molecular formula is C55H36N2. The molecule has 1 aromatic heterocycles. The van der Waals surface area contributed by atoms with E-state index in [0.29, 0.717) is 5.82 Å². The molecule has 1 aliphatic carbocycles. The number of rotatable bonds is 6. The van der Waals surface area contributed by atoms with Gasteiger partial charge in [0.15, 0.2) is 5.82 Å². The minimum atomic E-state index is -0.528. The molecule has 0 amide bonds. The van der Waals surface area contributed by atoms with Crippen LogP contribution < -0.4 is 0 Å². The molecule has 0 aliphatic heterocycles. The molecule has 0 atom stereocenters. The quantitative estimate of drug-likeness (QED) is 0.171. The van der Waals surface area contributed by atoms with Gasteiger partial charge in [-0.1, -0.05) is 206 Å². The van der Waals surface area contributed by atoms with Crippen LogP contribution in [0, 0.1) is 0 Å². The molecule has 0 N–H and O–H groups in total. The number of nitrogens with zero attached hydrogens (tertiary/aromatic N) is 2. The number of benzene rings is 9. The van der Waals surface area contributed by atoms with E-state index in [1.165, 1.54) is 55.3 Å². The summed E-state index contributed by atoms with van der Waals surface area (Å²) in [6.07, 6.45) is 0. The van der Waals surface area contributed by atoms with Gasteiger partial charge in [-0.2, -0.15) is 0 Å². The second-order valence-electron chi connectivity index (χ2n) is 14.8. The van der Waals surface area contributed by atoms with E-state index in [0.717, 1.165) is 38.9 Å². The second kappa shape index (κ2) is 13.4. The van der Waals surface area contributed by atoms with Crippen LogP contribution in [0.3, 0.4) is 0 Å². The highest BCUT2D eigenvalue weighted by molar-refractivity contribution is 6.10. The zero-order valence-corrected chi connectivity index (χ0v) is 31.2. The van der Waals surface area contributed by atoms with E-state index in [1.54, 1.807) is 0 Å². The predicted octanol–water partition coefficient (Wildman–Crippen LogP) is 13.8. The summed E-state index contributed by atoms with van der Waals surface area (Å²) in [5.74, 6) is 0.709. The van der Waals surface area contributed by atoms with E-state index in [-0.39, 0.29) is 0 Å². The van der Waals surface area contributed by atoms with Crippen LogP contribution in [-0.2, 0) is 5.41 Å². The number of hydrogen-bond acceptors (Lipinski definition) is 2. The molecule has 0 saturated carbocycles. The first kappa shape index (κ1) is 33.0. The zero-order chi connectivity index (χ0) is 37.8. The van der Waals surface area contributed by atoms with E-state index in [2.05, 4.69) is 206 Å². The Kier molecular flexibility index (Phi) is 7.75. The first-order chi connectivity index (χ1) is 28.3. The monoisotopic (exact) mass is 724 g/mol. The summed E-state index contributed by atoms with van der Waals surface area (Å²) in [6, 6.07) is 78.8. The maximum atomic E-state index is 5.24. The van der Waals surface area contributed by atoms with E-state index in [1.807, 2.05) is 12.1 Å². The van der Waals surface area contributed by atoms with Crippen molar-refractivity contribution in [2.24, 2.45) is 0 Å². The molecule has 1 heterocycles. The fraction of sp³-hybridized carbons (Fsp3) is 0.0182. The first-order valence-electron chi connectivity index (χ1n) is 19.6. The Morgan fingerprint density at radius 3 is 1.44 bits per heavy atom. The fourth-order valence-corrected chi connectivity index (χ4v) is 9.35. The van der Waals surface area contributed by atoms with Gasteiger partial charge < -0.3 is 0 Å². The van der Waals surface area contributed by atoms with Gasteiger partial charge in [0.05, 0.1) is 16.8 Å². The summed E-state index contributed by atoms with van der Waals surface area (Å²) in [7, 11) is 0. The molecule has 10 aromatic rings. The van der Waals surface area contributed by atoms with E-state index in [4.69, 9.17) is 9.97 Å². The van der Waals surface area contributed by atoms with Crippen molar-refractivity contribution < 1.29 is 0 Å². The van der Waals surface area contributed by atoms with Gasteiger partial charge >= 0.3 is 0 Å². The summed E-state index contributed by atoms with van der Waals surface area (Å²) in [5.41, 5.74) is 14.5. The van der Waals surface area contributed by atoms with E-state index in [9.17, 15) is 0 Å². The maximum Gasteiger partial charge on any atom is 0.161 e. The molecule has 0 spiro atoms. The topological polar surface area (TPSA) is 25.8 Å². The van der Waals surface area contributed by atoms with Gasteiger partial charge in [0.2, 0.25) is 0 Å². The molecule has 57 heavy (non-hydrogen) atoms. The third-order valence-corrected chi connectivity index (χ3v) is 11.8. The third kappa shape index (κ3) is 5.18. The van der Waals surface area contributed by atoms with Crippen LogP contribution in [0.15, 0.2) is 218 Å². The third-order valence-electron chi connectivity index (χ3n) is 11.8. The molecule has 0 bridgehead atoms. The molecule has 0 unspecified atom stereocenters. The van der Waals surface area contributed by atoms with Crippen LogP contribution in [0.25, 0.3) is 77.7 Å². The Morgan fingerprint density at radius 1 is 0.333 bits per heavy atom. The van der Waals surface area contributed by atoms with Crippen LogP contribution in [0.4, 0.5) is 0 Å². The van der Waals surface area contributed by atoms with Crippen molar-refractivity contribution in [3.05, 3.63) is 241 Å². The molecule has 2 heteroatoms. The fourth-order valence-electron chi connectivity index (χ4n) is 9.35. The average molecular weight is 725 g/mol. The van der Waals surface area contributed by atoms with Crippen molar-refractivity contribution in [2.75, 3.05) is 0 Å². The van der Waals surface area contributed by atoms with E-state index >= 15 is 0 Å². The Hall–Kier alpha value is -7.42. The maximum absolute atomic E-state index is 5.24. The summed E-state index contributed by atoms with van der Waals surface area (Å²) in [4.78, 5) is 10.5. The molecule has 0 fully saturated rings. The molecule has 9 aromatic carbocycles. The Labute approximate surface area is 332 Å². The van der Waals surface area contributed by atoms with Gasteiger partial charge in [0.1, 0.15) is 0 Å². The molecule has 0 radical (unpaired) electrons. The minimum Gasteiger partial charge on any atom is -0.228 e. The standard InChI is InChI=1S/C55H36N2/c1-5-19-38(20-6-1)50-36-51(39-21-7-2-8-22-39)57-54(56-50)47-35-34-45(43-28-15-16-29-44(43)47)46-30-17-31-49-52(46)48-33-32-37-18-13-14-27-42(37)53(48)55(49,40-23-9-3-10-24-40)41-25-11-4-12-26-41/h1-36H. The van der Waals surface area contributed by atoms with Crippen LogP contribution in [0.5, 0.6) is 0 Å². The van der Waals surface area contributed by atoms with Gasteiger partial charge in [0.25, 0.3) is 0 Å². The lowest BCUT2D eigenvalue weighted by Crippen LogP contribution is -2.28. The molecule has 1 aliphatic rings. The van der Waals surface area contributed by atoms with E-state index < -0.39 is 5.41 Å². The smallest absolute Gasteiger partial charge is 0.161 e. The Bertz CT molecular complexity index is 3000. The minimum absolute atomic E-state index is 0.528. The molecular weight excluding hydrogens is 689 g/mol. The highest BCUT2D eigenvalue weighted by atomic mass is 14.9. The summed E-state index contributed by atoms with van der Waals surface area (Å²) >= 11 is 0. The van der Waals surface area contributed by atoms with Gasteiger partial charge in [-0.3, -0.25) is 0 Å². The average Bonchev–Trinajstić information content (AvgIpc) is 3.61. The Morgan fingerprint density at radius 2 is 0.825 bits per heavy atom. The number of fused-ring (bicyclic) bond motifs is 6. The van der Waals surface area contributed by atoms with Gasteiger partial charge in [-0.25, -0.2) is 9.97 Å². The van der Waals surface area contributed by atoms with Crippen molar-refractivity contribution in [2.45, 2.75) is 5.41 Å². The van der Waals surface area contributed by atoms with Crippen LogP contribution >= 0.6 is 0 Å². The van der Waals surface area contributed by atoms with Crippen molar-refractivity contribution >= 4 is 21.5 Å². The highest BCUT2D eigenvalue weighted by Gasteiger charge is 2.48. The largest absolute Gasteiger partial charge is 0.228 e. The molecule has 0 saturated heterocycles. The van der Waals surface area contributed by atoms with Crippen LogP contribution in [0.2, 0.25) is 0 Å². The van der Waals surface area contributed by atoms with Crippen molar-refractivity contribution in [3.8, 4) is 56.2 Å². The van der Waals surface area contributed by atoms with Crippen LogP contribution in [-0.4, -0.2) is 9.97 Å². The first-order valence-corrected chi connectivity index (χ1v) is 19.6.